The summed E-state index contributed by atoms with van der Waals surface area (Å²) in [6.45, 7) is 0.191. The van der Waals surface area contributed by atoms with Crippen LogP contribution in [0.4, 0.5) is 10.1 Å². The lowest BCUT2D eigenvalue weighted by atomic mass is 9.88. The topological polar surface area (TPSA) is 64.8 Å². The van der Waals surface area contributed by atoms with E-state index < -0.39 is 6.04 Å². The number of hydrogen-bond donors (Lipinski definition) is 1. The molecule has 112 valence electrons. The molecular formula is C16H13FN2O3. The molecule has 2 atom stereocenters. The van der Waals surface area contributed by atoms with Crippen LogP contribution < -0.4 is 20.1 Å². The van der Waals surface area contributed by atoms with Crippen LogP contribution in [0.15, 0.2) is 42.5 Å². The van der Waals surface area contributed by atoms with E-state index in [1.54, 1.807) is 23.1 Å². The molecule has 0 bridgehead atoms. The number of hydrogen-bond acceptors (Lipinski definition) is 4. The Kier molecular flexibility index (Phi) is 2.80. The fraction of sp³-hybridized carbons (Fsp3) is 0.188. The number of nitrogens with zero attached hydrogens (tertiary/aromatic N) is 1. The molecule has 22 heavy (non-hydrogen) atoms. The normalized spacial score (nSPS) is 22.6. The average molecular weight is 300 g/mol. The van der Waals surface area contributed by atoms with Crippen LogP contribution in [-0.2, 0) is 4.79 Å². The number of ether oxygens (including phenoxy) is 2. The van der Waals surface area contributed by atoms with Gasteiger partial charge in [-0.25, -0.2) is 4.39 Å². The van der Waals surface area contributed by atoms with Crippen molar-refractivity contribution in [2.24, 2.45) is 5.73 Å². The molecule has 0 spiro atoms. The lowest BCUT2D eigenvalue weighted by Crippen LogP contribution is -2.63. The van der Waals surface area contributed by atoms with Gasteiger partial charge in [-0.1, -0.05) is 6.07 Å². The summed E-state index contributed by atoms with van der Waals surface area (Å²) >= 11 is 0. The Balaban J connectivity index is 1.70. The molecule has 5 nitrogen and oxygen atoms in total. The summed E-state index contributed by atoms with van der Waals surface area (Å²) in [5, 5.41) is 0. The predicted octanol–water partition coefficient (Wildman–Crippen LogP) is 1.97. The number of carbonyl (C=O) groups is 1. The standard InChI is InChI=1S/C16H13FN2O3/c17-10-2-4-11(5-3-10)19-15(14(18)16(19)20)9-1-6-12-13(7-9)22-8-21-12/h1-7,14-15H,8,18H2/t14-,15-/m1/s1. The maximum atomic E-state index is 13.1. The number of amides is 1. The van der Waals surface area contributed by atoms with E-state index >= 15 is 0 Å². The molecular weight excluding hydrogens is 287 g/mol. The first-order valence-electron chi connectivity index (χ1n) is 6.89. The summed E-state index contributed by atoms with van der Waals surface area (Å²) in [5.74, 6) is 0.786. The molecule has 6 heteroatoms. The van der Waals surface area contributed by atoms with Gasteiger partial charge >= 0.3 is 0 Å². The monoisotopic (exact) mass is 300 g/mol. The fourth-order valence-electron chi connectivity index (χ4n) is 2.85. The third kappa shape index (κ3) is 1.84. The quantitative estimate of drug-likeness (QED) is 0.861. The van der Waals surface area contributed by atoms with Gasteiger partial charge in [0.15, 0.2) is 11.5 Å². The van der Waals surface area contributed by atoms with Crippen molar-refractivity contribution < 1.29 is 18.7 Å². The second kappa shape index (κ2) is 4.71. The smallest absolute Gasteiger partial charge is 0.247 e. The van der Waals surface area contributed by atoms with Gasteiger partial charge < -0.3 is 20.1 Å². The predicted molar refractivity (Wildman–Crippen MR) is 77.2 cm³/mol. The second-order valence-corrected chi connectivity index (χ2v) is 5.27. The maximum absolute atomic E-state index is 13.1. The number of fused-ring (bicyclic) bond motifs is 1. The SMILES string of the molecule is N[C@H]1C(=O)N(c2ccc(F)cc2)[C@@H]1c1ccc2c(c1)OCO2. The molecule has 0 aromatic heterocycles. The van der Waals surface area contributed by atoms with Crippen LogP contribution in [0.25, 0.3) is 0 Å². The molecule has 0 radical (unpaired) electrons. The highest BCUT2D eigenvalue weighted by molar-refractivity contribution is 6.05. The minimum Gasteiger partial charge on any atom is -0.454 e. The van der Waals surface area contributed by atoms with Crippen LogP contribution in [0.5, 0.6) is 11.5 Å². The fourth-order valence-corrected chi connectivity index (χ4v) is 2.85. The lowest BCUT2D eigenvalue weighted by Gasteiger charge is -2.45. The van der Waals surface area contributed by atoms with Gasteiger partial charge in [0, 0.05) is 5.69 Å². The van der Waals surface area contributed by atoms with Crippen LogP contribution in [-0.4, -0.2) is 18.7 Å². The minimum atomic E-state index is -0.620. The molecule has 0 unspecified atom stereocenters. The summed E-state index contributed by atoms with van der Waals surface area (Å²) < 4.78 is 23.7. The Labute approximate surface area is 126 Å². The molecule has 1 amide bonds. The van der Waals surface area contributed by atoms with Crippen LogP contribution >= 0.6 is 0 Å². The first-order valence-corrected chi connectivity index (χ1v) is 6.89. The molecule has 1 fully saturated rings. The van der Waals surface area contributed by atoms with E-state index in [2.05, 4.69) is 0 Å². The van der Waals surface area contributed by atoms with Crippen molar-refractivity contribution in [3.05, 3.63) is 53.8 Å². The Morgan fingerprint density at radius 2 is 1.82 bits per heavy atom. The van der Waals surface area contributed by atoms with Gasteiger partial charge in [-0.2, -0.15) is 0 Å². The number of rotatable bonds is 2. The Hall–Kier alpha value is -2.60. The molecule has 2 aliphatic heterocycles. The third-order valence-corrected chi connectivity index (χ3v) is 3.98. The van der Waals surface area contributed by atoms with Gasteiger partial charge in [0.05, 0.1) is 6.04 Å². The molecule has 4 rings (SSSR count). The van der Waals surface area contributed by atoms with Gasteiger partial charge in [0.25, 0.3) is 0 Å². The van der Waals surface area contributed by atoms with E-state index in [0.29, 0.717) is 17.2 Å². The number of carbonyl (C=O) groups excluding carboxylic acids is 1. The van der Waals surface area contributed by atoms with Crippen molar-refractivity contribution >= 4 is 11.6 Å². The van der Waals surface area contributed by atoms with E-state index in [4.69, 9.17) is 15.2 Å². The van der Waals surface area contributed by atoms with Crippen molar-refractivity contribution in [3.8, 4) is 11.5 Å². The summed E-state index contributed by atoms with van der Waals surface area (Å²) in [5.41, 5.74) is 7.45. The molecule has 0 aliphatic carbocycles. The highest BCUT2D eigenvalue weighted by Gasteiger charge is 2.47. The molecule has 2 heterocycles. The van der Waals surface area contributed by atoms with Crippen molar-refractivity contribution in [3.63, 3.8) is 0 Å². The van der Waals surface area contributed by atoms with Crippen LogP contribution in [0.3, 0.4) is 0 Å². The lowest BCUT2D eigenvalue weighted by molar-refractivity contribution is -0.126. The highest BCUT2D eigenvalue weighted by Crippen LogP contribution is 2.42. The summed E-state index contributed by atoms with van der Waals surface area (Å²) in [4.78, 5) is 13.7. The van der Waals surface area contributed by atoms with E-state index in [1.165, 1.54) is 12.1 Å². The molecule has 2 N–H and O–H groups in total. The number of nitrogens with two attached hydrogens (primary N) is 1. The van der Waals surface area contributed by atoms with Gasteiger partial charge in [-0.3, -0.25) is 4.79 Å². The maximum Gasteiger partial charge on any atom is 0.247 e. The van der Waals surface area contributed by atoms with Gasteiger partial charge in [-0.15, -0.1) is 0 Å². The second-order valence-electron chi connectivity index (χ2n) is 5.27. The Morgan fingerprint density at radius 1 is 1.09 bits per heavy atom. The summed E-state index contributed by atoms with van der Waals surface area (Å²) in [6, 6.07) is 10.4. The van der Waals surface area contributed by atoms with Crippen LogP contribution in [0.2, 0.25) is 0 Å². The van der Waals surface area contributed by atoms with Gasteiger partial charge in [0.2, 0.25) is 12.7 Å². The van der Waals surface area contributed by atoms with Gasteiger partial charge in [0.1, 0.15) is 11.9 Å². The Morgan fingerprint density at radius 3 is 2.59 bits per heavy atom. The Bertz CT molecular complexity index is 748. The zero-order valence-corrected chi connectivity index (χ0v) is 11.5. The van der Waals surface area contributed by atoms with Crippen LogP contribution in [0, 0.1) is 5.82 Å². The van der Waals surface area contributed by atoms with E-state index in [9.17, 15) is 9.18 Å². The van der Waals surface area contributed by atoms with Crippen molar-refractivity contribution in [2.45, 2.75) is 12.1 Å². The number of benzene rings is 2. The third-order valence-electron chi connectivity index (χ3n) is 3.98. The van der Waals surface area contributed by atoms with E-state index in [-0.39, 0.29) is 24.6 Å². The van der Waals surface area contributed by atoms with E-state index in [0.717, 1.165) is 5.56 Å². The molecule has 0 saturated carbocycles. The molecule has 2 aliphatic rings. The van der Waals surface area contributed by atoms with E-state index in [1.807, 2.05) is 12.1 Å². The van der Waals surface area contributed by atoms with Gasteiger partial charge in [-0.05, 0) is 42.0 Å². The largest absolute Gasteiger partial charge is 0.454 e. The van der Waals surface area contributed by atoms with Crippen LogP contribution in [0.1, 0.15) is 11.6 Å². The number of halogens is 1. The number of β-lactam (4-membered cyclic amide) rings is 1. The molecule has 1 saturated heterocycles. The van der Waals surface area contributed by atoms with Crippen molar-refractivity contribution in [1.82, 2.24) is 0 Å². The van der Waals surface area contributed by atoms with Crippen molar-refractivity contribution in [1.29, 1.82) is 0 Å². The summed E-state index contributed by atoms with van der Waals surface area (Å²) in [6.07, 6.45) is 0. The zero-order chi connectivity index (χ0) is 15.3. The zero-order valence-electron chi connectivity index (χ0n) is 11.5. The number of anilines is 1. The first-order chi connectivity index (χ1) is 10.6. The molecule has 2 aromatic carbocycles. The average Bonchev–Trinajstić information content (AvgIpc) is 3.00. The first kappa shape index (κ1) is 13.1. The minimum absolute atomic E-state index is 0.186. The molecule has 2 aromatic rings. The van der Waals surface area contributed by atoms with Crippen molar-refractivity contribution in [2.75, 3.05) is 11.7 Å². The highest BCUT2D eigenvalue weighted by atomic mass is 19.1. The summed E-state index contributed by atoms with van der Waals surface area (Å²) in [7, 11) is 0.